The summed E-state index contributed by atoms with van der Waals surface area (Å²) in [6.07, 6.45) is 5.26. The quantitative estimate of drug-likeness (QED) is 0.263. The summed E-state index contributed by atoms with van der Waals surface area (Å²) in [7, 11) is 1.60. The van der Waals surface area contributed by atoms with Gasteiger partial charge >= 0.3 is 0 Å². The van der Waals surface area contributed by atoms with E-state index in [0.717, 1.165) is 18.1 Å². The highest BCUT2D eigenvalue weighted by Gasteiger charge is 2.06. The lowest BCUT2D eigenvalue weighted by molar-refractivity contribution is 0.330. The fraction of sp³-hybridized carbons (Fsp3) is 0.286. The number of aliphatic imine (C=N–C) groups is 1. The highest BCUT2D eigenvalue weighted by molar-refractivity contribution is 14.0. The van der Waals surface area contributed by atoms with Crippen LogP contribution in [0.15, 0.2) is 53.5 Å². The van der Waals surface area contributed by atoms with Crippen molar-refractivity contribution in [1.82, 2.24) is 10.6 Å². The van der Waals surface area contributed by atoms with Gasteiger partial charge in [0, 0.05) is 13.1 Å². The molecule has 0 aliphatic carbocycles. The van der Waals surface area contributed by atoms with E-state index in [0.29, 0.717) is 24.6 Å². The van der Waals surface area contributed by atoms with Crippen LogP contribution in [-0.4, -0.2) is 26.2 Å². The molecule has 0 aliphatic rings. The fourth-order valence-corrected chi connectivity index (χ4v) is 2.35. The number of nitrogens with one attached hydrogen (secondary N) is 2. The Hall–Kier alpha value is -2.40. The molecule has 5 nitrogen and oxygen atoms in total. The predicted molar refractivity (Wildman–Crippen MR) is 121 cm³/mol. The Bertz CT molecular complexity index is 758. The standard InChI is InChI=1S/C21H25N3O2.HI/c1-4-13-26-20-14-18(11-12-19(20)25-3)16-24-21(22-5-2)23-15-17-9-7-6-8-10-17;/h1,6-12,14H,5,13,15-16H2,2-3H3,(H2,22,23,24);1H. The lowest BCUT2D eigenvalue weighted by atomic mass is 10.2. The van der Waals surface area contributed by atoms with Crippen molar-refractivity contribution in [3.8, 4) is 23.8 Å². The topological polar surface area (TPSA) is 54.9 Å². The summed E-state index contributed by atoms with van der Waals surface area (Å²) < 4.78 is 10.8. The van der Waals surface area contributed by atoms with Crippen molar-refractivity contribution in [3.63, 3.8) is 0 Å². The lowest BCUT2D eigenvalue weighted by Gasteiger charge is -2.12. The maximum absolute atomic E-state index is 5.54. The molecule has 144 valence electrons. The number of methoxy groups -OCH3 is 1. The van der Waals surface area contributed by atoms with Crippen LogP contribution in [0.1, 0.15) is 18.1 Å². The molecular formula is C21H26IN3O2. The molecule has 0 unspecified atom stereocenters. The molecule has 0 amide bonds. The molecule has 0 radical (unpaired) electrons. The van der Waals surface area contributed by atoms with Gasteiger partial charge in [0.25, 0.3) is 0 Å². The van der Waals surface area contributed by atoms with Crippen molar-refractivity contribution >= 4 is 29.9 Å². The first-order valence-corrected chi connectivity index (χ1v) is 8.56. The van der Waals surface area contributed by atoms with E-state index in [1.54, 1.807) is 7.11 Å². The summed E-state index contributed by atoms with van der Waals surface area (Å²) in [6.45, 7) is 4.26. The van der Waals surface area contributed by atoms with Gasteiger partial charge in [-0.05, 0) is 30.2 Å². The third-order valence-electron chi connectivity index (χ3n) is 3.61. The molecule has 0 aromatic heterocycles. The molecule has 27 heavy (non-hydrogen) atoms. The number of ether oxygens (including phenoxy) is 2. The van der Waals surface area contributed by atoms with Crippen molar-refractivity contribution < 1.29 is 9.47 Å². The second-order valence-corrected chi connectivity index (χ2v) is 5.51. The molecule has 0 saturated heterocycles. The third kappa shape index (κ3) is 7.79. The molecule has 2 N–H and O–H groups in total. The summed E-state index contributed by atoms with van der Waals surface area (Å²) in [5.74, 6) is 4.50. The Balaban J connectivity index is 0.00000364. The van der Waals surface area contributed by atoms with Crippen LogP contribution in [0.2, 0.25) is 0 Å². The second-order valence-electron chi connectivity index (χ2n) is 5.51. The first-order valence-electron chi connectivity index (χ1n) is 8.56. The van der Waals surface area contributed by atoms with E-state index in [1.165, 1.54) is 5.56 Å². The van der Waals surface area contributed by atoms with Crippen LogP contribution in [0.5, 0.6) is 11.5 Å². The zero-order valence-corrected chi connectivity index (χ0v) is 18.0. The Morgan fingerprint density at radius 1 is 1.07 bits per heavy atom. The second kappa shape index (κ2) is 12.9. The molecule has 0 spiro atoms. The Kier molecular flexibility index (Phi) is 10.8. The number of hydrogen-bond acceptors (Lipinski definition) is 3. The van der Waals surface area contributed by atoms with Crippen LogP contribution >= 0.6 is 24.0 Å². The average molecular weight is 479 g/mol. The van der Waals surface area contributed by atoms with Gasteiger partial charge < -0.3 is 20.1 Å². The SMILES string of the molecule is C#CCOc1cc(CN=C(NCC)NCc2ccccc2)ccc1OC.I. The first kappa shape index (κ1) is 22.6. The maximum atomic E-state index is 5.54. The molecule has 2 rings (SSSR count). The van der Waals surface area contributed by atoms with Gasteiger partial charge in [0.05, 0.1) is 13.7 Å². The van der Waals surface area contributed by atoms with E-state index in [9.17, 15) is 0 Å². The van der Waals surface area contributed by atoms with Crippen LogP contribution < -0.4 is 20.1 Å². The number of benzene rings is 2. The Morgan fingerprint density at radius 3 is 2.52 bits per heavy atom. The van der Waals surface area contributed by atoms with E-state index in [-0.39, 0.29) is 30.6 Å². The van der Waals surface area contributed by atoms with E-state index in [2.05, 4.69) is 33.7 Å². The lowest BCUT2D eigenvalue weighted by Crippen LogP contribution is -2.36. The summed E-state index contributed by atoms with van der Waals surface area (Å²) in [5.41, 5.74) is 2.21. The number of rotatable bonds is 8. The third-order valence-corrected chi connectivity index (χ3v) is 3.61. The van der Waals surface area contributed by atoms with E-state index in [1.807, 2.05) is 43.3 Å². The van der Waals surface area contributed by atoms with Gasteiger partial charge in [0.2, 0.25) is 0 Å². The van der Waals surface area contributed by atoms with Crippen LogP contribution in [-0.2, 0) is 13.1 Å². The number of hydrogen-bond donors (Lipinski definition) is 2. The van der Waals surface area contributed by atoms with Crippen LogP contribution in [0.3, 0.4) is 0 Å². The van der Waals surface area contributed by atoms with Crippen LogP contribution in [0.4, 0.5) is 0 Å². The number of nitrogens with zero attached hydrogens (tertiary/aromatic N) is 1. The molecule has 0 heterocycles. The van der Waals surface area contributed by atoms with E-state index in [4.69, 9.17) is 15.9 Å². The molecule has 0 bridgehead atoms. The van der Waals surface area contributed by atoms with E-state index < -0.39 is 0 Å². The van der Waals surface area contributed by atoms with Gasteiger partial charge in [0.15, 0.2) is 17.5 Å². The molecule has 6 heteroatoms. The monoisotopic (exact) mass is 479 g/mol. The zero-order chi connectivity index (χ0) is 18.6. The Morgan fingerprint density at radius 2 is 1.85 bits per heavy atom. The fourth-order valence-electron chi connectivity index (χ4n) is 2.35. The number of guanidine groups is 1. The van der Waals surface area contributed by atoms with Crippen LogP contribution in [0, 0.1) is 12.3 Å². The van der Waals surface area contributed by atoms with Crippen molar-refractivity contribution in [2.45, 2.75) is 20.0 Å². The van der Waals surface area contributed by atoms with Gasteiger partial charge in [-0.3, -0.25) is 0 Å². The maximum Gasteiger partial charge on any atom is 0.191 e. The van der Waals surface area contributed by atoms with Crippen LogP contribution in [0.25, 0.3) is 0 Å². The molecular weight excluding hydrogens is 453 g/mol. The summed E-state index contributed by atoms with van der Waals surface area (Å²) in [4.78, 5) is 4.63. The highest BCUT2D eigenvalue weighted by atomic mass is 127. The molecule has 2 aromatic carbocycles. The van der Waals surface area contributed by atoms with Gasteiger partial charge in [0.1, 0.15) is 6.61 Å². The molecule has 0 atom stereocenters. The average Bonchev–Trinajstić information content (AvgIpc) is 2.69. The summed E-state index contributed by atoms with van der Waals surface area (Å²) in [6, 6.07) is 15.9. The van der Waals surface area contributed by atoms with Crippen molar-refractivity contribution in [2.24, 2.45) is 4.99 Å². The molecule has 0 aliphatic heterocycles. The van der Waals surface area contributed by atoms with Crippen molar-refractivity contribution in [2.75, 3.05) is 20.3 Å². The smallest absolute Gasteiger partial charge is 0.191 e. The minimum Gasteiger partial charge on any atom is -0.493 e. The normalized spacial score (nSPS) is 10.3. The van der Waals surface area contributed by atoms with Gasteiger partial charge in [-0.1, -0.05) is 42.3 Å². The van der Waals surface area contributed by atoms with Gasteiger partial charge in [-0.25, -0.2) is 4.99 Å². The minimum absolute atomic E-state index is 0. The number of terminal acetylenes is 1. The van der Waals surface area contributed by atoms with Crippen molar-refractivity contribution in [1.29, 1.82) is 0 Å². The molecule has 2 aromatic rings. The van der Waals surface area contributed by atoms with Gasteiger partial charge in [-0.15, -0.1) is 30.4 Å². The summed E-state index contributed by atoms with van der Waals surface area (Å²) >= 11 is 0. The number of halogens is 1. The largest absolute Gasteiger partial charge is 0.493 e. The predicted octanol–water partition coefficient (Wildman–Crippen LogP) is 3.58. The van der Waals surface area contributed by atoms with Gasteiger partial charge in [-0.2, -0.15) is 0 Å². The zero-order valence-electron chi connectivity index (χ0n) is 15.7. The molecule has 0 saturated carbocycles. The molecule has 0 fully saturated rings. The Labute approximate surface area is 178 Å². The van der Waals surface area contributed by atoms with Crippen molar-refractivity contribution in [3.05, 3.63) is 59.7 Å². The highest BCUT2D eigenvalue weighted by Crippen LogP contribution is 2.28. The minimum atomic E-state index is 0. The first-order chi connectivity index (χ1) is 12.8. The van der Waals surface area contributed by atoms with E-state index >= 15 is 0 Å². The summed E-state index contributed by atoms with van der Waals surface area (Å²) in [5, 5.41) is 6.59.